The quantitative estimate of drug-likeness (QED) is 0.555. The van der Waals surface area contributed by atoms with Crippen LogP contribution >= 0.6 is 55.1 Å². The van der Waals surface area contributed by atoms with Gasteiger partial charge in [-0.05, 0) is 55.6 Å². The summed E-state index contributed by atoms with van der Waals surface area (Å²) in [6, 6.07) is 3.14. The molecule has 0 heterocycles. The highest BCUT2D eigenvalue weighted by atomic mass is 79.9. The molecule has 0 unspecified atom stereocenters. The predicted molar refractivity (Wildman–Crippen MR) is 57.0 cm³/mol. The maximum absolute atomic E-state index is 10.7. The average molecular weight is 333 g/mol. The molecule has 0 N–H and O–H groups in total. The van der Waals surface area contributed by atoms with Gasteiger partial charge < -0.3 is 0 Å². The van der Waals surface area contributed by atoms with Gasteiger partial charge in [-0.25, -0.2) is 0 Å². The number of halogens is 4. The summed E-state index contributed by atoms with van der Waals surface area (Å²) in [6.07, 6.45) is 0. The Labute approximate surface area is 96.3 Å². The molecule has 0 aromatic heterocycles. The Morgan fingerprint density at radius 3 is 2.00 bits per heavy atom. The molecule has 0 atom stereocenters. The summed E-state index contributed by atoms with van der Waals surface area (Å²) < 4.78 is 1.28. The SMILES string of the molecule is O=C(Cl)c1cc(Br)c(Cl)c(Br)c1. The number of rotatable bonds is 1. The molecule has 12 heavy (non-hydrogen) atoms. The van der Waals surface area contributed by atoms with Crippen LogP contribution in [0.3, 0.4) is 0 Å². The van der Waals surface area contributed by atoms with E-state index in [1.807, 2.05) is 0 Å². The van der Waals surface area contributed by atoms with E-state index < -0.39 is 5.24 Å². The molecule has 1 rings (SSSR count). The van der Waals surface area contributed by atoms with E-state index in [0.29, 0.717) is 19.5 Å². The van der Waals surface area contributed by atoms with Crippen LogP contribution in [0.25, 0.3) is 0 Å². The van der Waals surface area contributed by atoms with Crippen molar-refractivity contribution < 1.29 is 4.79 Å². The highest BCUT2D eigenvalue weighted by Gasteiger charge is 2.08. The lowest BCUT2D eigenvalue weighted by atomic mass is 10.2. The van der Waals surface area contributed by atoms with Crippen molar-refractivity contribution in [3.8, 4) is 0 Å². The average Bonchev–Trinajstić information content (AvgIpc) is 1.99. The van der Waals surface area contributed by atoms with Crippen LogP contribution in [0.4, 0.5) is 0 Å². The van der Waals surface area contributed by atoms with Crippen molar-refractivity contribution in [1.29, 1.82) is 0 Å². The Morgan fingerprint density at radius 1 is 1.25 bits per heavy atom. The van der Waals surface area contributed by atoms with Crippen molar-refractivity contribution in [2.24, 2.45) is 0 Å². The van der Waals surface area contributed by atoms with Crippen molar-refractivity contribution >= 4 is 60.3 Å². The molecule has 0 saturated carbocycles. The van der Waals surface area contributed by atoms with Gasteiger partial charge >= 0.3 is 0 Å². The van der Waals surface area contributed by atoms with Crippen LogP contribution in [-0.4, -0.2) is 5.24 Å². The van der Waals surface area contributed by atoms with Gasteiger partial charge in [-0.1, -0.05) is 11.6 Å². The largest absolute Gasteiger partial charge is 0.276 e. The molecule has 0 bridgehead atoms. The molecule has 1 aromatic carbocycles. The summed E-state index contributed by atoms with van der Waals surface area (Å²) in [5.41, 5.74) is 0.403. The van der Waals surface area contributed by atoms with Gasteiger partial charge in [0, 0.05) is 14.5 Å². The number of benzene rings is 1. The van der Waals surface area contributed by atoms with E-state index in [1.165, 1.54) is 0 Å². The van der Waals surface area contributed by atoms with Crippen LogP contribution < -0.4 is 0 Å². The van der Waals surface area contributed by atoms with Crippen molar-refractivity contribution in [3.63, 3.8) is 0 Å². The van der Waals surface area contributed by atoms with Crippen molar-refractivity contribution in [2.75, 3.05) is 0 Å². The third kappa shape index (κ3) is 2.22. The molecule has 1 aromatic rings. The summed E-state index contributed by atoms with van der Waals surface area (Å²) >= 11 is 17.5. The van der Waals surface area contributed by atoms with Crippen LogP contribution in [0.1, 0.15) is 10.4 Å². The summed E-state index contributed by atoms with van der Waals surface area (Å²) in [6.45, 7) is 0. The molecule has 0 radical (unpaired) electrons. The standard InChI is InChI=1S/C7H2Br2Cl2O/c8-4-1-3(7(11)12)2-5(9)6(4)10/h1-2H. The number of hydrogen-bond acceptors (Lipinski definition) is 1. The molecule has 0 aliphatic rings. The lowest BCUT2D eigenvalue weighted by Gasteiger charge is -2.00. The first kappa shape index (κ1) is 10.5. The van der Waals surface area contributed by atoms with E-state index >= 15 is 0 Å². The Kier molecular flexibility index (Phi) is 3.58. The zero-order valence-corrected chi connectivity index (χ0v) is 10.3. The molecule has 0 spiro atoms. The molecule has 5 heteroatoms. The summed E-state index contributed by atoms with van der Waals surface area (Å²) in [4.78, 5) is 10.7. The highest BCUT2D eigenvalue weighted by Crippen LogP contribution is 2.32. The molecule has 0 aliphatic carbocycles. The second-order valence-corrected chi connectivity index (χ2v) is 4.46. The number of carbonyl (C=O) groups excluding carboxylic acids is 1. The van der Waals surface area contributed by atoms with Crippen LogP contribution in [-0.2, 0) is 0 Å². The van der Waals surface area contributed by atoms with Gasteiger partial charge in [0.15, 0.2) is 0 Å². The smallest absolute Gasteiger partial charge is 0.252 e. The Bertz CT molecular complexity index is 315. The Balaban J connectivity index is 3.31. The van der Waals surface area contributed by atoms with E-state index in [-0.39, 0.29) is 0 Å². The topological polar surface area (TPSA) is 17.1 Å². The minimum atomic E-state index is -0.506. The van der Waals surface area contributed by atoms with E-state index in [1.54, 1.807) is 12.1 Å². The summed E-state index contributed by atoms with van der Waals surface area (Å²) in [5, 5.41) is 0.0183. The van der Waals surface area contributed by atoms with Gasteiger partial charge in [0.05, 0.1) is 5.02 Å². The van der Waals surface area contributed by atoms with Gasteiger partial charge in [0.25, 0.3) is 5.24 Å². The molecular weight excluding hydrogens is 331 g/mol. The van der Waals surface area contributed by atoms with E-state index in [2.05, 4.69) is 31.9 Å². The first-order valence-corrected chi connectivity index (χ1v) is 5.21. The van der Waals surface area contributed by atoms with E-state index in [9.17, 15) is 4.79 Å². The van der Waals surface area contributed by atoms with E-state index in [0.717, 1.165) is 0 Å². The third-order valence-electron chi connectivity index (χ3n) is 1.21. The second kappa shape index (κ2) is 4.09. The van der Waals surface area contributed by atoms with Gasteiger partial charge in [0.2, 0.25) is 0 Å². The number of carbonyl (C=O) groups is 1. The van der Waals surface area contributed by atoms with Gasteiger partial charge in [-0.2, -0.15) is 0 Å². The zero-order valence-electron chi connectivity index (χ0n) is 5.57. The minimum absolute atomic E-state index is 0.403. The van der Waals surface area contributed by atoms with Crippen LogP contribution in [0, 0.1) is 0 Å². The maximum atomic E-state index is 10.7. The molecule has 1 nitrogen and oxygen atoms in total. The molecule has 0 fully saturated rings. The molecular formula is C7H2Br2Cl2O. The normalized spacial score (nSPS) is 10.0. The monoisotopic (exact) mass is 330 g/mol. The first-order chi connectivity index (χ1) is 5.52. The zero-order chi connectivity index (χ0) is 9.30. The Morgan fingerprint density at radius 2 is 1.67 bits per heavy atom. The minimum Gasteiger partial charge on any atom is -0.276 e. The molecule has 0 saturated heterocycles. The molecule has 0 amide bonds. The van der Waals surface area contributed by atoms with Crippen molar-refractivity contribution in [2.45, 2.75) is 0 Å². The predicted octanol–water partition coefficient (Wildman–Crippen LogP) is 4.24. The summed E-state index contributed by atoms with van der Waals surface area (Å²) in [5.74, 6) is 0. The molecule has 0 aliphatic heterocycles. The lowest BCUT2D eigenvalue weighted by Crippen LogP contribution is -1.89. The van der Waals surface area contributed by atoms with Crippen LogP contribution in [0.5, 0.6) is 0 Å². The van der Waals surface area contributed by atoms with Gasteiger partial charge in [-0.3, -0.25) is 4.79 Å². The van der Waals surface area contributed by atoms with Gasteiger partial charge in [0.1, 0.15) is 0 Å². The third-order valence-corrected chi connectivity index (χ3v) is 3.54. The van der Waals surface area contributed by atoms with Crippen molar-refractivity contribution in [3.05, 3.63) is 31.7 Å². The van der Waals surface area contributed by atoms with Crippen LogP contribution in [0.15, 0.2) is 21.1 Å². The fourth-order valence-electron chi connectivity index (χ4n) is 0.669. The summed E-state index contributed by atoms with van der Waals surface area (Å²) in [7, 11) is 0. The Hall–Kier alpha value is 0.430. The fraction of sp³-hybridized carbons (Fsp3) is 0. The number of hydrogen-bond donors (Lipinski definition) is 0. The second-order valence-electron chi connectivity index (χ2n) is 2.03. The maximum Gasteiger partial charge on any atom is 0.252 e. The highest BCUT2D eigenvalue weighted by molar-refractivity contribution is 9.11. The van der Waals surface area contributed by atoms with Crippen molar-refractivity contribution in [1.82, 2.24) is 0 Å². The fourth-order valence-corrected chi connectivity index (χ4v) is 2.07. The first-order valence-electron chi connectivity index (χ1n) is 2.86. The van der Waals surface area contributed by atoms with E-state index in [4.69, 9.17) is 23.2 Å². The van der Waals surface area contributed by atoms with Crippen LogP contribution in [0.2, 0.25) is 5.02 Å². The van der Waals surface area contributed by atoms with Gasteiger partial charge in [-0.15, -0.1) is 0 Å². The molecule has 64 valence electrons. The lowest BCUT2D eigenvalue weighted by molar-refractivity contribution is 0.108.